The lowest BCUT2D eigenvalue weighted by Crippen LogP contribution is -2.38. The van der Waals surface area contributed by atoms with Crippen LogP contribution in [0.25, 0.3) is 0 Å². The maximum absolute atomic E-state index is 12.4. The molecule has 1 heterocycles. The minimum Gasteiger partial charge on any atom is -0.297 e. The number of benzene rings is 1. The fraction of sp³-hybridized carbons (Fsp3) is 0.375. The second-order valence-corrected chi connectivity index (χ2v) is 5.74. The van der Waals surface area contributed by atoms with Crippen molar-refractivity contribution >= 4 is 11.6 Å². The number of H-pyrrole nitrogens is 1. The topological polar surface area (TPSA) is 54.9 Å². The Labute approximate surface area is 128 Å². The second kappa shape index (κ2) is 6.76. The third-order valence-corrected chi connectivity index (χ3v) is 3.74. The van der Waals surface area contributed by atoms with Gasteiger partial charge in [-0.2, -0.15) is 0 Å². The Balaban J connectivity index is 2.19. The van der Waals surface area contributed by atoms with Gasteiger partial charge in [0, 0.05) is 6.54 Å². The summed E-state index contributed by atoms with van der Waals surface area (Å²) in [5.74, 6) is -0.0257. The van der Waals surface area contributed by atoms with Crippen molar-refractivity contribution in [1.82, 2.24) is 9.55 Å². The second-order valence-electron chi connectivity index (χ2n) is 5.36. The molecule has 4 nitrogen and oxygen atoms in total. The van der Waals surface area contributed by atoms with Gasteiger partial charge in [0.1, 0.15) is 5.15 Å². The zero-order valence-corrected chi connectivity index (χ0v) is 13.0. The molecule has 0 amide bonds. The molecule has 0 aliphatic rings. The molecule has 0 radical (unpaired) electrons. The zero-order chi connectivity index (χ0) is 15.4. The van der Waals surface area contributed by atoms with Crippen molar-refractivity contribution in [3.05, 3.63) is 67.4 Å². The van der Waals surface area contributed by atoms with Crippen molar-refractivity contribution in [3.8, 4) is 0 Å². The first-order chi connectivity index (χ1) is 10.0. The first-order valence-corrected chi connectivity index (χ1v) is 7.45. The molecular weight excluding hydrogens is 288 g/mol. The molecule has 0 spiro atoms. The molecule has 1 aromatic heterocycles. The number of aromatic nitrogens is 2. The number of nitrogens with zero attached hydrogens (tertiary/aromatic N) is 1. The predicted octanol–water partition coefficient (Wildman–Crippen LogP) is 2.95. The first kappa shape index (κ1) is 15.6. The molecule has 5 heteroatoms. The van der Waals surface area contributed by atoms with Crippen LogP contribution in [-0.4, -0.2) is 9.55 Å². The van der Waals surface area contributed by atoms with Gasteiger partial charge < -0.3 is 0 Å². The standard InChI is InChI=1S/C16H19ClN2O2/c1-11(2)13-14(17)18-16(21)19(15(13)20)10-6-9-12-7-4-3-5-8-12/h3-5,7-8,11H,6,9-10H2,1-2H3,(H,18,21). The van der Waals surface area contributed by atoms with E-state index >= 15 is 0 Å². The number of nitrogens with one attached hydrogen (secondary N) is 1. The van der Waals surface area contributed by atoms with Crippen LogP contribution in [0.15, 0.2) is 39.9 Å². The van der Waals surface area contributed by atoms with E-state index in [1.807, 2.05) is 44.2 Å². The number of hydrogen-bond donors (Lipinski definition) is 1. The Kier molecular flexibility index (Phi) is 5.02. The van der Waals surface area contributed by atoms with E-state index in [0.29, 0.717) is 12.1 Å². The van der Waals surface area contributed by atoms with Crippen molar-refractivity contribution in [2.24, 2.45) is 0 Å². The van der Waals surface area contributed by atoms with E-state index in [2.05, 4.69) is 4.98 Å². The predicted molar refractivity (Wildman–Crippen MR) is 85.2 cm³/mol. The molecule has 2 rings (SSSR count). The largest absolute Gasteiger partial charge is 0.329 e. The molecule has 2 aromatic rings. The van der Waals surface area contributed by atoms with Gasteiger partial charge >= 0.3 is 5.69 Å². The molecular formula is C16H19ClN2O2. The summed E-state index contributed by atoms with van der Waals surface area (Å²) in [7, 11) is 0. The van der Waals surface area contributed by atoms with Gasteiger partial charge in [-0.1, -0.05) is 55.8 Å². The Morgan fingerprint density at radius 1 is 1.19 bits per heavy atom. The number of aryl methyl sites for hydroxylation is 1. The van der Waals surface area contributed by atoms with E-state index in [1.165, 1.54) is 10.1 Å². The lowest BCUT2D eigenvalue weighted by atomic mass is 10.1. The molecule has 21 heavy (non-hydrogen) atoms. The molecule has 0 atom stereocenters. The van der Waals surface area contributed by atoms with Gasteiger partial charge in [0.25, 0.3) is 5.56 Å². The summed E-state index contributed by atoms with van der Waals surface area (Å²) in [5, 5.41) is 0.152. The van der Waals surface area contributed by atoms with Crippen LogP contribution in [0.2, 0.25) is 5.15 Å². The van der Waals surface area contributed by atoms with Crippen LogP contribution in [0.1, 0.15) is 37.3 Å². The van der Waals surface area contributed by atoms with E-state index in [4.69, 9.17) is 11.6 Å². The zero-order valence-electron chi connectivity index (χ0n) is 12.2. The normalized spacial score (nSPS) is 11.0. The van der Waals surface area contributed by atoms with Crippen LogP contribution >= 0.6 is 11.6 Å². The van der Waals surface area contributed by atoms with Crippen LogP contribution < -0.4 is 11.2 Å². The van der Waals surface area contributed by atoms with Crippen LogP contribution in [-0.2, 0) is 13.0 Å². The summed E-state index contributed by atoms with van der Waals surface area (Å²) < 4.78 is 1.24. The summed E-state index contributed by atoms with van der Waals surface area (Å²) in [6.07, 6.45) is 1.55. The Bertz CT molecular complexity index is 717. The van der Waals surface area contributed by atoms with Gasteiger partial charge in [-0.15, -0.1) is 0 Å². The maximum Gasteiger partial charge on any atom is 0.329 e. The monoisotopic (exact) mass is 306 g/mol. The van der Waals surface area contributed by atoms with Crippen LogP contribution in [0, 0.1) is 0 Å². The molecule has 0 aliphatic carbocycles. The minimum atomic E-state index is -0.442. The van der Waals surface area contributed by atoms with Gasteiger partial charge in [-0.25, -0.2) is 4.79 Å². The molecule has 0 bridgehead atoms. The van der Waals surface area contributed by atoms with E-state index in [9.17, 15) is 9.59 Å². The van der Waals surface area contributed by atoms with Crippen LogP contribution in [0.5, 0.6) is 0 Å². The van der Waals surface area contributed by atoms with E-state index in [-0.39, 0.29) is 16.6 Å². The molecule has 0 saturated heterocycles. The highest BCUT2D eigenvalue weighted by atomic mass is 35.5. The van der Waals surface area contributed by atoms with Crippen LogP contribution in [0.4, 0.5) is 0 Å². The lowest BCUT2D eigenvalue weighted by Gasteiger charge is -2.11. The van der Waals surface area contributed by atoms with Crippen molar-refractivity contribution in [3.63, 3.8) is 0 Å². The lowest BCUT2D eigenvalue weighted by molar-refractivity contribution is 0.579. The minimum absolute atomic E-state index is 0.0257. The molecule has 1 N–H and O–H groups in total. The Morgan fingerprint density at radius 3 is 2.48 bits per heavy atom. The Hall–Kier alpha value is -1.81. The summed E-state index contributed by atoms with van der Waals surface area (Å²) in [6, 6.07) is 10.00. The average Bonchev–Trinajstić information content (AvgIpc) is 2.42. The maximum atomic E-state index is 12.4. The van der Waals surface area contributed by atoms with E-state index < -0.39 is 5.69 Å². The SMILES string of the molecule is CC(C)c1c(Cl)[nH]c(=O)n(CCCc2ccccc2)c1=O. The van der Waals surface area contributed by atoms with Gasteiger partial charge in [0.2, 0.25) is 0 Å². The molecule has 0 fully saturated rings. The fourth-order valence-corrected chi connectivity index (χ4v) is 2.73. The van der Waals surface area contributed by atoms with Crippen molar-refractivity contribution < 1.29 is 0 Å². The smallest absolute Gasteiger partial charge is 0.297 e. The summed E-state index contributed by atoms with van der Waals surface area (Å²) in [6.45, 7) is 4.16. The van der Waals surface area contributed by atoms with Gasteiger partial charge in [-0.3, -0.25) is 14.3 Å². The molecule has 0 saturated carbocycles. The average molecular weight is 307 g/mol. The molecule has 112 valence electrons. The van der Waals surface area contributed by atoms with E-state index in [1.54, 1.807) is 0 Å². The van der Waals surface area contributed by atoms with Gasteiger partial charge in [0.05, 0.1) is 5.56 Å². The quantitative estimate of drug-likeness (QED) is 0.864. The number of aromatic amines is 1. The first-order valence-electron chi connectivity index (χ1n) is 7.07. The highest BCUT2D eigenvalue weighted by Gasteiger charge is 2.15. The number of rotatable bonds is 5. The van der Waals surface area contributed by atoms with Gasteiger partial charge in [-0.05, 0) is 24.3 Å². The Morgan fingerprint density at radius 2 is 1.86 bits per heavy atom. The summed E-state index contributed by atoms with van der Waals surface area (Å²) in [4.78, 5) is 26.8. The third kappa shape index (κ3) is 3.64. The highest BCUT2D eigenvalue weighted by Crippen LogP contribution is 2.16. The number of halogens is 1. The number of hydrogen-bond acceptors (Lipinski definition) is 2. The highest BCUT2D eigenvalue weighted by molar-refractivity contribution is 6.30. The summed E-state index contributed by atoms with van der Waals surface area (Å²) in [5.41, 5.74) is 0.935. The van der Waals surface area contributed by atoms with Crippen LogP contribution in [0.3, 0.4) is 0 Å². The van der Waals surface area contributed by atoms with Crippen molar-refractivity contribution in [2.45, 2.75) is 39.2 Å². The van der Waals surface area contributed by atoms with Crippen molar-refractivity contribution in [2.75, 3.05) is 0 Å². The molecule has 0 unspecified atom stereocenters. The fourth-order valence-electron chi connectivity index (χ4n) is 2.35. The third-order valence-electron chi connectivity index (χ3n) is 3.44. The van der Waals surface area contributed by atoms with Crippen molar-refractivity contribution in [1.29, 1.82) is 0 Å². The summed E-state index contributed by atoms with van der Waals surface area (Å²) >= 11 is 5.96. The molecule has 1 aromatic carbocycles. The van der Waals surface area contributed by atoms with Gasteiger partial charge in [0.15, 0.2) is 0 Å². The molecule has 0 aliphatic heterocycles. The van der Waals surface area contributed by atoms with E-state index in [0.717, 1.165) is 12.8 Å².